The maximum absolute atomic E-state index is 12.0. The lowest BCUT2D eigenvalue weighted by Gasteiger charge is -2.08. The minimum Gasteiger partial charge on any atom is -0.399 e. The summed E-state index contributed by atoms with van der Waals surface area (Å²) in [5.41, 5.74) is 9.40. The number of hydrogen-bond donors (Lipinski definition) is 2. The van der Waals surface area contributed by atoms with Crippen molar-refractivity contribution < 1.29 is 4.79 Å². The maximum atomic E-state index is 12.0. The Labute approximate surface area is 106 Å². The van der Waals surface area contributed by atoms with Crippen LogP contribution < -0.4 is 11.1 Å². The fourth-order valence-corrected chi connectivity index (χ4v) is 1.68. The number of carbonyl (C=O) groups is 1. The Balaban J connectivity index is 2.22. The van der Waals surface area contributed by atoms with Crippen molar-refractivity contribution in [2.24, 2.45) is 0 Å². The second kappa shape index (κ2) is 4.87. The molecule has 0 aliphatic carbocycles. The van der Waals surface area contributed by atoms with Crippen LogP contribution in [-0.4, -0.2) is 10.9 Å². The van der Waals surface area contributed by atoms with E-state index in [4.69, 9.17) is 5.73 Å². The third-order valence-corrected chi connectivity index (χ3v) is 2.78. The number of nitrogens with zero attached hydrogens (tertiary/aromatic N) is 1. The van der Waals surface area contributed by atoms with Gasteiger partial charge in [-0.05, 0) is 49.7 Å². The van der Waals surface area contributed by atoms with Crippen LogP contribution in [0, 0.1) is 13.8 Å². The number of nitrogens with one attached hydrogen (secondary N) is 1. The molecule has 0 unspecified atom stereocenters. The summed E-state index contributed by atoms with van der Waals surface area (Å²) in [7, 11) is 0. The van der Waals surface area contributed by atoms with Crippen molar-refractivity contribution in [1.29, 1.82) is 0 Å². The first-order valence-corrected chi connectivity index (χ1v) is 5.67. The van der Waals surface area contributed by atoms with E-state index < -0.39 is 0 Å². The molecule has 0 aliphatic heterocycles. The van der Waals surface area contributed by atoms with E-state index in [9.17, 15) is 4.79 Å². The first kappa shape index (κ1) is 12.1. The smallest absolute Gasteiger partial charge is 0.257 e. The van der Waals surface area contributed by atoms with Gasteiger partial charge in [0.05, 0.1) is 5.56 Å². The number of aryl methyl sites for hydroxylation is 2. The first-order chi connectivity index (χ1) is 8.58. The van der Waals surface area contributed by atoms with Crippen molar-refractivity contribution in [2.45, 2.75) is 13.8 Å². The SMILES string of the molecule is Cc1cc(NC(=O)c2cccnc2C)ccc1N. The molecule has 0 saturated heterocycles. The number of pyridine rings is 1. The van der Waals surface area contributed by atoms with E-state index in [0.29, 0.717) is 16.9 Å². The Hall–Kier alpha value is -2.36. The summed E-state index contributed by atoms with van der Waals surface area (Å²) >= 11 is 0. The largest absolute Gasteiger partial charge is 0.399 e. The van der Waals surface area contributed by atoms with E-state index in [1.165, 1.54) is 0 Å². The Morgan fingerprint density at radius 3 is 2.72 bits per heavy atom. The van der Waals surface area contributed by atoms with Gasteiger partial charge in [0.25, 0.3) is 5.91 Å². The van der Waals surface area contributed by atoms with Gasteiger partial charge in [-0.15, -0.1) is 0 Å². The van der Waals surface area contributed by atoms with Gasteiger partial charge in [-0.1, -0.05) is 0 Å². The third kappa shape index (κ3) is 2.48. The third-order valence-electron chi connectivity index (χ3n) is 2.78. The number of anilines is 2. The Kier molecular flexibility index (Phi) is 3.28. The van der Waals surface area contributed by atoms with E-state index in [0.717, 1.165) is 11.3 Å². The average molecular weight is 241 g/mol. The lowest BCUT2D eigenvalue weighted by molar-refractivity contribution is 0.102. The number of nitrogen functional groups attached to an aromatic ring is 1. The quantitative estimate of drug-likeness (QED) is 0.794. The van der Waals surface area contributed by atoms with Crippen LogP contribution in [0.2, 0.25) is 0 Å². The number of benzene rings is 1. The van der Waals surface area contributed by atoms with Crippen LogP contribution in [0.3, 0.4) is 0 Å². The van der Waals surface area contributed by atoms with Crippen LogP contribution >= 0.6 is 0 Å². The fourth-order valence-electron chi connectivity index (χ4n) is 1.68. The summed E-state index contributed by atoms with van der Waals surface area (Å²) in [5, 5.41) is 2.83. The molecule has 1 aromatic carbocycles. The van der Waals surface area contributed by atoms with Gasteiger partial charge < -0.3 is 11.1 Å². The van der Waals surface area contributed by atoms with Crippen LogP contribution in [0.15, 0.2) is 36.5 Å². The molecule has 92 valence electrons. The van der Waals surface area contributed by atoms with Gasteiger partial charge >= 0.3 is 0 Å². The molecule has 1 heterocycles. The van der Waals surface area contributed by atoms with Crippen molar-refractivity contribution in [3.8, 4) is 0 Å². The highest BCUT2D eigenvalue weighted by molar-refractivity contribution is 6.05. The summed E-state index contributed by atoms with van der Waals surface area (Å²) in [5.74, 6) is -0.162. The molecule has 3 N–H and O–H groups in total. The lowest BCUT2D eigenvalue weighted by atomic mass is 10.1. The second-order valence-electron chi connectivity index (χ2n) is 4.16. The van der Waals surface area contributed by atoms with Gasteiger partial charge in [-0.2, -0.15) is 0 Å². The summed E-state index contributed by atoms with van der Waals surface area (Å²) < 4.78 is 0. The van der Waals surface area contributed by atoms with E-state index in [2.05, 4.69) is 10.3 Å². The molecule has 4 heteroatoms. The zero-order valence-electron chi connectivity index (χ0n) is 10.4. The normalized spacial score (nSPS) is 10.1. The molecule has 1 amide bonds. The molecule has 0 radical (unpaired) electrons. The van der Waals surface area contributed by atoms with Crippen molar-refractivity contribution in [3.63, 3.8) is 0 Å². The Morgan fingerprint density at radius 2 is 2.06 bits per heavy atom. The maximum Gasteiger partial charge on any atom is 0.257 e. The van der Waals surface area contributed by atoms with Gasteiger partial charge in [-0.3, -0.25) is 9.78 Å². The Bertz CT molecular complexity index is 593. The highest BCUT2D eigenvalue weighted by atomic mass is 16.1. The van der Waals surface area contributed by atoms with E-state index in [1.54, 1.807) is 30.5 Å². The van der Waals surface area contributed by atoms with E-state index in [1.807, 2.05) is 19.9 Å². The minimum absolute atomic E-state index is 0.162. The minimum atomic E-state index is -0.162. The Morgan fingerprint density at radius 1 is 1.28 bits per heavy atom. The van der Waals surface area contributed by atoms with Gasteiger partial charge in [0, 0.05) is 23.3 Å². The number of nitrogens with two attached hydrogens (primary N) is 1. The van der Waals surface area contributed by atoms with Gasteiger partial charge in [0.15, 0.2) is 0 Å². The zero-order valence-corrected chi connectivity index (χ0v) is 10.4. The summed E-state index contributed by atoms with van der Waals surface area (Å²) in [6.07, 6.45) is 1.67. The summed E-state index contributed by atoms with van der Waals surface area (Å²) in [6.45, 7) is 3.71. The van der Waals surface area contributed by atoms with Crippen LogP contribution in [-0.2, 0) is 0 Å². The van der Waals surface area contributed by atoms with Crippen LogP contribution in [0.1, 0.15) is 21.6 Å². The van der Waals surface area contributed by atoms with E-state index in [-0.39, 0.29) is 5.91 Å². The molecule has 1 aromatic heterocycles. The van der Waals surface area contributed by atoms with Crippen LogP contribution in [0.5, 0.6) is 0 Å². The molecule has 0 fully saturated rings. The number of rotatable bonds is 2. The molecule has 18 heavy (non-hydrogen) atoms. The number of aromatic nitrogens is 1. The van der Waals surface area contributed by atoms with Crippen LogP contribution in [0.4, 0.5) is 11.4 Å². The molecule has 0 bridgehead atoms. The molecular formula is C14H15N3O. The van der Waals surface area contributed by atoms with Crippen molar-refractivity contribution >= 4 is 17.3 Å². The number of amides is 1. The predicted octanol–water partition coefficient (Wildman–Crippen LogP) is 2.53. The topological polar surface area (TPSA) is 68.0 Å². The summed E-state index contributed by atoms with van der Waals surface area (Å²) in [4.78, 5) is 16.1. The molecule has 2 rings (SSSR count). The molecule has 2 aromatic rings. The molecule has 0 spiro atoms. The van der Waals surface area contributed by atoms with Gasteiger partial charge in [0.1, 0.15) is 0 Å². The highest BCUT2D eigenvalue weighted by Crippen LogP contribution is 2.17. The molecule has 0 aliphatic rings. The molecule has 4 nitrogen and oxygen atoms in total. The monoisotopic (exact) mass is 241 g/mol. The first-order valence-electron chi connectivity index (χ1n) is 5.67. The molecular weight excluding hydrogens is 226 g/mol. The van der Waals surface area contributed by atoms with Gasteiger partial charge in [0.2, 0.25) is 0 Å². The van der Waals surface area contributed by atoms with E-state index >= 15 is 0 Å². The number of carbonyl (C=O) groups excluding carboxylic acids is 1. The number of hydrogen-bond acceptors (Lipinski definition) is 3. The molecule has 0 atom stereocenters. The fraction of sp³-hybridized carbons (Fsp3) is 0.143. The van der Waals surface area contributed by atoms with Gasteiger partial charge in [-0.25, -0.2) is 0 Å². The lowest BCUT2D eigenvalue weighted by Crippen LogP contribution is -2.14. The highest BCUT2D eigenvalue weighted by Gasteiger charge is 2.09. The van der Waals surface area contributed by atoms with Crippen molar-refractivity contribution in [1.82, 2.24) is 4.98 Å². The average Bonchev–Trinajstić information content (AvgIpc) is 2.34. The molecule has 0 saturated carbocycles. The van der Waals surface area contributed by atoms with Crippen molar-refractivity contribution in [3.05, 3.63) is 53.3 Å². The standard InChI is InChI=1S/C14H15N3O/c1-9-8-11(5-6-13(9)15)17-14(18)12-4-3-7-16-10(12)2/h3-8H,15H2,1-2H3,(H,17,18). The van der Waals surface area contributed by atoms with Crippen molar-refractivity contribution in [2.75, 3.05) is 11.1 Å². The summed E-state index contributed by atoms with van der Waals surface area (Å²) in [6, 6.07) is 8.91. The second-order valence-corrected chi connectivity index (χ2v) is 4.16. The zero-order chi connectivity index (χ0) is 13.1. The predicted molar refractivity (Wildman–Crippen MR) is 72.5 cm³/mol. The van der Waals surface area contributed by atoms with Crippen LogP contribution in [0.25, 0.3) is 0 Å².